The van der Waals surface area contributed by atoms with Crippen LogP contribution >= 0.6 is 24.0 Å². The fourth-order valence-electron chi connectivity index (χ4n) is 4.28. The van der Waals surface area contributed by atoms with Gasteiger partial charge in [0.15, 0.2) is 15.8 Å². The summed E-state index contributed by atoms with van der Waals surface area (Å²) in [4.78, 5) is 9.00. The number of benzene rings is 1. The van der Waals surface area contributed by atoms with Crippen LogP contribution in [0.1, 0.15) is 38.3 Å². The smallest absolute Gasteiger partial charge is 0.193 e. The van der Waals surface area contributed by atoms with Crippen LogP contribution in [0.5, 0.6) is 5.75 Å². The summed E-state index contributed by atoms with van der Waals surface area (Å²) in [6.07, 6.45) is 2.41. The van der Waals surface area contributed by atoms with Gasteiger partial charge in [-0.05, 0) is 45.8 Å². The van der Waals surface area contributed by atoms with Crippen molar-refractivity contribution in [1.82, 2.24) is 15.1 Å². The van der Waals surface area contributed by atoms with Gasteiger partial charge in [0, 0.05) is 32.2 Å². The Bertz CT molecular complexity index is 838. The van der Waals surface area contributed by atoms with E-state index >= 15 is 0 Å². The van der Waals surface area contributed by atoms with Gasteiger partial charge in [-0.15, -0.1) is 24.0 Å². The zero-order valence-corrected chi connectivity index (χ0v) is 21.6. The van der Waals surface area contributed by atoms with Crippen molar-refractivity contribution >= 4 is 39.8 Å². The molecule has 0 bridgehead atoms. The normalized spacial score (nSPS) is 22.3. The molecule has 9 heteroatoms. The van der Waals surface area contributed by atoms with Crippen LogP contribution in [0.3, 0.4) is 0 Å². The third-order valence-corrected chi connectivity index (χ3v) is 8.62. The number of halogens is 1. The Kier molecular flexibility index (Phi) is 8.81. The van der Waals surface area contributed by atoms with Gasteiger partial charge < -0.3 is 15.0 Å². The summed E-state index contributed by atoms with van der Waals surface area (Å²) in [7, 11) is 0.386. The molecule has 0 saturated carbocycles. The minimum absolute atomic E-state index is 0. The Morgan fingerprint density at radius 2 is 1.90 bits per heavy atom. The van der Waals surface area contributed by atoms with Crippen molar-refractivity contribution in [3.8, 4) is 5.75 Å². The molecule has 0 amide bonds. The fraction of sp³-hybridized carbons (Fsp3) is 0.667. The molecule has 1 atom stereocenters. The lowest BCUT2D eigenvalue weighted by Crippen LogP contribution is -2.57. The van der Waals surface area contributed by atoms with Gasteiger partial charge in [-0.1, -0.05) is 18.2 Å². The van der Waals surface area contributed by atoms with E-state index in [9.17, 15) is 8.42 Å². The molecular formula is C21H35IN4O3S. The molecule has 3 rings (SSSR count). The number of hydrogen-bond acceptors (Lipinski definition) is 5. The van der Waals surface area contributed by atoms with Gasteiger partial charge in [-0.25, -0.2) is 8.42 Å². The van der Waals surface area contributed by atoms with E-state index in [1.807, 2.05) is 18.2 Å². The van der Waals surface area contributed by atoms with Crippen molar-refractivity contribution in [2.75, 3.05) is 52.6 Å². The molecule has 0 aromatic heterocycles. The second-order valence-electron chi connectivity index (χ2n) is 8.43. The number of para-hydroxylation sites is 1. The number of nitrogens with one attached hydrogen (secondary N) is 1. The summed E-state index contributed by atoms with van der Waals surface area (Å²) in [5.41, 5.74) is 1.17. The van der Waals surface area contributed by atoms with Gasteiger partial charge >= 0.3 is 0 Å². The van der Waals surface area contributed by atoms with Crippen LogP contribution < -0.4 is 10.1 Å². The Morgan fingerprint density at radius 1 is 1.23 bits per heavy atom. The fourth-order valence-corrected chi connectivity index (χ4v) is 5.64. The van der Waals surface area contributed by atoms with Gasteiger partial charge in [-0.3, -0.25) is 9.89 Å². The van der Waals surface area contributed by atoms with Crippen LogP contribution in [0.25, 0.3) is 0 Å². The van der Waals surface area contributed by atoms with E-state index in [0.717, 1.165) is 24.8 Å². The molecule has 170 valence electrons. The van der Waals surface area contributed by atoms with Crippen LogP contribution in [0.15, 0.2) is 29.3 Å². The number of methoxy groups -OCH3 is 1. The summed E-state index contributed by atoms with van der Waals surface area (Å²) in [6, 6.07) is 8.35. The lowest BCUT2D eigenvalue weighted by Gasteiger charge is -2.39. The Morgan fingerprint density at radius 3 is 2.50 bits per heavy atom. The first kappa shape index (κ1) is 25.2. The molecule has 1 unspecified atom stereocenters. The molecule has 2 heterocycles. The zero-order valence-electron chi connectivity index (χ0n) is 18.4. The van der Waals surface area contributed by atoms with Crippen LogP contribution in [0.4, 0.5) is 0 Å². The van der Waals surface area contributed by atoms with Gasteiger partial charge in [0.25, 0.3) is 0 Å². The van der Waals surface area contributed by atoms with Crippen molar-refractivity contribution in [1.29, 1.82) is 0 Å². The van der Waals surface area contributed by atoms with E-state index in [0.29, 0.717) is 19.6 Å². The summed E-state index contributed by atoms with van der Waals surface area (Å²) in [6.45, 7) is 7.33. The second-order valence-corrected chi connectivity index (χ2v) is 11.2. The summed E-state index contributed by atoms with van der Waals surface area (Å²) in [5.74, 6) is 1.81. The Labute approximate surface area is 198 Å². The lowest BCUT2D eigenvalue weighted by molar-refractivity contribution is 0.237. The van der Waals surface area contributed by atoms with E-state index in [2.05, 4.69) is 26.2 Å². The maximum Gasteiger partial charge on any atom is 0.193 e. The Hall–Kier alpha value is -1.07. The number of guanidine groups is 1. The average molecular weight is 551 g/mol. The molecule has 1 N–H and O–H groups in total. The summed E-state index contributed by atoms with van der Waals surface area (Å²) >= 11 is 0. The number of nitrogens with zero attached hydrogens (tertiary/aromatic N) is 3. The van der Waals surface area contributed by atoms with E-state index in [1.165, 1.54) is 18.4 Å². The van der Waals surface area contributed by atoms with Crippen LogP contribution in [0.2, 0.25) is 0 Å². The van der Waals surface area contributed by atoms with E-state index in [1.54, 1.807) is 28.0 Å². The highest BCUT2D eigenvalue weighted by molar-refractivity contribution is 14.0. The molecule has 0 radical (unpaired) electrons. The largest absolute Gasteiger partial charge is 0.496 e. The summed E-state index contributed by atoms with van der Waals surface area (Å²) in [5, 5.41) is 3.51. The molecule has 0 spiro atoms. The van der Waals surface area contributed by atoms with Gasteiger partial charge in [-0.2, -0.15) is 0 Å². The SMILES string of the molecule is CN=C(NCC(c1ccccc1OC)N1CCCC1)N1CCS(=O)(=O)C(C)(C)C1.I. The monoisotopic (exact) mass is 550 g/mol. The first-order valence-electron chi connectivity index (χ1n) is 10.3. The van der Waals surface area contributed by atoms with E-state index < -0.39 is 14.6 Å². The average Bonchev–Trinajstić information content (AvgIpc) is 3.22. The Balaban J connectivity index is 0.00000320. The molecule has 2 aliphatic rings. The highest BCUT2D eigenvalue weighted by Crippen LogP contribution is 2.31. The number of sulfone groups is 1. The lowest BCUT2D eigenvalue weighted by atomic mass is 10.0. The van der Waals surface area contributed by atoms with Gasteiger partial charge in [0.2, 0.25) is 0 Å². The van der Waals surface area contributed by atoms with Crippen LogP contribution in [-0.4, -0.2) is 81.6 Å². The predicted octanol–water partition coefficient (Wildman–Crippen LogP) is 2.53. The number of rotatable bonds is 5. The minimum Gasteiger partial charge on any atom is -0.496 e. The first-order valence-corrected chi connectivity index (χ1v) is 12.0. The highest BCUT2D eigenvalue weighted by atomic mass is 127. The minimum atomic E-state index is -3.08. The highest BCUT2D eigenvalue weighted by Gasteiger charge is 2.41. The van der Waals surface area contributed by atoms with Crippen molar-refractivity contribution in [2.45, 2.75) is 37.5 Å². The molecule has 2 aliphatic heterocycles. The number of ether oxygens (including phenoxy) is 1. The molecule has 0 aliphatic carbocycles. The molecule has 2 saturated heterocycles. The molecule has 1 aromatic carbocycles. The molecular weight excluding hydrogens is 515 g/mol. The molecule has 7 nitrogen and oxygen atoms in total. The van der Waals surface area contributed by atoms with Crippen molar-refractivity contribution < 1.29 is 13.2 Å². The van der Waals surface area contributed by atoms with Crippen LogP contribution in [-0.2, 0) is 9.84 Å². The third-order valence-electron chi connectivity index (χ3n) is 6.09. The molecule has 1 aromatic rings. The van der Waals surface area contributed by atoms with Crippen molar-refractivity contribution in [3.63, 3.8) is 0 Å². The number of aliphatic imine (C=N–C) groups is 1. The maximum absolute atomic E-state index is 12.3. The maximum atomic E-state index is 12.3. The third kappa shape index (κ3) is 5.40. The van der Waals surface area contributed by atoms with Gasteiger partial charge in [0.1, 0.15) is 5.75 Å². The van der Waals surface area contributed by atoms with E-state index in [4.69, 9.17) is 4.74 Å². The topological polar surface area (TPSA) is 74.2 Å². The van der Waals surface area contributed by atoms with Crippen LogP contribution in [0, 0.1) is 0 Å². The predicted molar refractivity (Wildman–Crippen MR) is 133 cm³/mol. The number of hydrogen-bond donors (Lipinski definition) is 1. The molecule has 2 fully saturated rings. The standard InChI is InChI=1S/C21H34N4O3S.HI/c1-21(2)16-25(13-14-29(21,26)27)20(22-3)23-15-18(24-11-7-8-12-24)17-9-5-6-10-19(17)28-4;/h5-6,9-10,18H,7-8,11-16H2,1-4H3,(H,22,23);1H. The molecule has 30 heavy (non-hydrogen) atoms. The zero-order chi connectivity index (χ0) is 21.1. The summed E-state index contributed by atoms with van der Waals surface area (Å²) < 4.78 is 29.5. The van der Waals surface area contributed by atoms with E-state index in [-0.39, 0.29) is 35.8 Å². The van der Waals surface area contributed by atoms with Gasteiger partial charge in [0.05, 0.1) is 23.7 Å². The van der Waals surface area contributed by atoms with Crippen molar-refractivity contribution in [3.05, 3.63) is 29.8 Å². The second kappa shape index (κ2) is 10.5. The first-order chi connectivity index (χ1) is 13.8. The number of likely N-dealkylation sites (tertiary alicyclic amines) is 1. The van der Waals surface area contributed by atoms with Crippen molar-refractivity contribution in [2.24, 2.45) is 4.99 Å². The quantitative estimate of drug-likeness (QED) is 0.345.